The number of ether oxygens (including phenoxy) is 6. The largest absolute Gasteiger partial charge is 0.497 e. The van der Waals surface area contributed by atoms with Crippen molar-refractivity contribution in [2.75, 3.05) is 41.1 Å². The van der Waals surface area contributed by atoms with Gasteiger partial charge in [0.25, 0.3) is 5.91 Å². The molecule has 52 heavy (non-hydrogen) atoms. The van der Waals surface area contributed by atoms with Crippen molar-refractivity contribution in [1.82, 2.24) is 4.90 Å². The monoisotopic (exact) mass is 727 g/mol. The normalized spacial score (nSPS) is 15.2. The number of hydrogen-bond donors (Lipinski definition) is 0. The molecule has 2 atom stereocenters. The quantitative estimate of drug-likeness (QED) is 0.105. The van der Waals surface area contributed by atoms with Gasteiger partial charge in [-0.1, -0.05) is 19.9 Å². The molecule has 3 rings (SSSR count). The van der Waals surface area contributed by atoms with Gasteiger partial charge in [0.05, 0.1) is 26.7 Å². The maximum absolute atomic E-state index is 15.1. The van der Waals surface area contributed by atoms with E-state index in [2.05, 4.69) is 0 Å². The van der Waals surface area contributed by atoms with E-state index in [0.717, 1.165) is 6.07 Å². The highest BCUT2D eigenvalue weighted by Crippen LogP contribution is 2.38. The highest BCUT2D eigenvalue weighted by molar-refractivity contribution is 6.38. The number of amides is 1. The standard InChI is InChI=1S/C39H50FNO11/c1-9-12-34(43)51-23-39(4,5)36(44)37(45)41-16-11-10-13-30(41)38(46)52-32(15-14-25-18-28(47-6)21-33(48-7)35(25)49-8)26-17-27(40)20-29(19-26)50-22-31(42)24(2)3/h9,12,17-21,24,30,32H,10-11,13-16,22-23H2,1-8H3/b12-9-/t30-,32+/m0/s1. The Balaban J connectivity index is 1.95. The van der Waals surface area contributed by atoms with Gasteiger partial charge in [-0.05, 0) is 76.6 Å². The van der Waals surface area contributed by atoms with Gasteiger partial charge in [-0.3, -0.25) is 14.4 Å². The number of aryl methyl sites for hydroxylation is 1. The Kier molecular flexibility index (Phi) is 15.2. The second-order valence-electron chi connectivity index (χ2n) is 13.4. The summed E-state index contributed by atoms with van der Waals surface area (Å²) in [7, 11) is 4.49. The molecule has 0 spiro atoms. The summed E-state index contributed by atoms with van der Waals surface area (Å²) in [6, 6.07) is 6.16. The van der Waals surface area contributed by atoms with Gasteiger partial charge in [-0.15, -0.1) is 0 Å². The first-order chi connectivity index (χ1) is 24.6. The Hall–Kier alpha value is -4.94. The molecule has 1 aliphatic heterocycles. The van der Waals surface area contributed by atoms with Gasteiger partial charge in [-0.2, -0.15) is 0 Å². The van der Waals surface area contributed by atoms with Crippen LogP contribution in [0.5, 0.6) is 23.0 Å². The molecule has 284 valence electrons. The van der Waals surface area contributed by atoms with E-state index >= 15 is 4.39 Å². The number of halogens is 1. The average Bonchev–Trinajstić information content (AvgIpc) is 3.13. The lowest BCUT2D eigenvalue weighted by Gasteiger charge is -2.36. The predicted molar refractivity (Wildman–Crippen MR) is 189 cm³/mol. The van der Waals surface area contributed by atoms with Gasteiger partial charge in [0.2, 0.25) is 5.78 Å². The first-order valence-electron chi connectivity index (χ1n) is 17.3. The third kappa shape index (κ3) is 11.0. The van der Waals surface area contributed by atoms with Gasteiger partial charge in [0, 0.05) is 36.2 Å². The lowest BCUT2D eigenvalue weighted by molar-refractivity contribution is -0.165. The molecule has 0 aromatic heterocycles. The van der Waals surface area contributed by atoms with Gasteiger partial charge < -0.3 is 33.3 Å². The fourth-order valence-electron chi connectivity index (χ4n) is 5.63. The number of Topliss-reactive ketones (excluding diaryl/α,β-unsaturated/α-hetero) is 2. The number of methoxy groups -OCH3 is 3. The third-order valence-corrected chi connectivity index (χ3v) is 8.71. The molecule has 0 unspecified atom stereocenters. The molecular weight excluding hydrogens is 677 g/mol. The van der Waals surface area contributed by atoms with Crippen LogP contribution in [-0.2, 0) is 39.9 Å². The van der Waals surface area contributed by atoms with Gasteiger partial charge in [-0.25, -0.2) is 14.0 Å². The fraction of sp³-hybridized carbons (Fsp3) is 0.513. The van der Waals surface area contributed by atoms with Crippen LogP contribution >= 0.6 is 0 Å². The van der Waals surface area contributed by atoms with Gasteiger partial charge in [0.1, 0.15) is 42.7 Å². The van der Waals surface area contributed by atoms with Gasteiger partial charge in [0.15, 0.2) is 17.3 Å². The van der Waals surface area contributed by atoms with Crippen molar-refractivity contribution in [2.45, 2.75) is 78.9 Å². The zero-order chi connectivity index (χ0) is 38.6. The molecule has 0 bridgehead atoms. The maximum atomic E-state index is 15.1. The minimum Gasteiger partial charge on any atom is -0.497 e. The number of hydrogen-bond acceptors (Lipinski definition) is 11. The van der Waals surface area contributed by atoms with E-state index in [0.29, 0.717) is 35.7 Å². The number of likely N-dealkylation sites (tertiary alicyclic amines) is 1. The SMILES string of the molecule is C/C=C\C(=O)OCC(C)(C)C(=O)C(=O)N1CCCC[C@H]1C(=O)O[C@H](CCc1cc(OC)cc(OC)c1OC)c1cc(F)cc(OCC(=O)C(C)C)c1. The molecule has 12 nitrogen and oxygen atoms in total. The molecule has 1 heterocycles. The fourth-order valence-corrected chi connectivity index (χ4v) is 5.63. The van der Waals surface area contributed by atoms with Crippen LogP contribution in [0.1, 0.15) is 77.5 Å². The van der Waals surface area contributed by atoms with Crippen LogP contribution in [0.15, 0.2) is 42.5 Å². The van der Waals surface area contributed by atoms with Crippen molar-refractivity contribution in [3.05, 3.63) is 59.4 Å². The molecule has 0 aliphatic carbocycles. The molecule has 1 amide bonds. The number of allylic oxidation sites excluding steroid dienone is 1. The van der Waals surface area contributed by atoms with Crippen LogP contribution in [0, 0.1) is 17.2 Å². The van der Waals surface area contributed by atoms with Crippen molar-refractivity contribution in [3.63, 3.8) is 0 Å². The van der Waals surface area contributed by atoms with Crippen LogP contribution in [-0.4, -0.2) is 81.4 Å². The predicted octanol–water partition coefficient (Wildman–Crippen LogP) is 5.77. The Morgan fingerprint density at radius 3 is 2.33 bits per heavy atom. The Bertz CT molecular complexity index is 1630. The van der Waals surface area contributed by atoms with E-state index < -0.39 is 47.0 Å². The van der Waals surface area contributed by atoms with E-state index in [1.54, 1.807) is 32.9 Å². The average molecular weight is 728 g/mol. The molecule has 1 fully saturated rings. The summed E-state index contributed by atoms with van der Waals surface area (Å²) in [4.78, 5) is 66.4. The summed E-state index contributed by atoms with van der Waals surface area (Å²) >= 11 is 0. The van der Waals surface area contributed by atoms with Crippen LogP contribution < -0.4 is 18.9 Å². The molecule has 0 radical (unpaired) electrons. The lowest BCUT2D eigenvalue weighted by Crippen LogP contribution is -2.53. The molecular formula is C39H50FNO11. The third-order valence-electron chi connectivity index (χ3n) is 8.71. The highest BCUT2D eigenvalue weighted by atomic mass is 19.1. The van der Waals surface area contributed by atoms with Crippen molar-refractivity contribution < 1.29 is 56.8 Å². The first-order valence-corrected chi connectivity index (χ1v) is 17.3. The molecule has 13 heteroatoms. The number of rotatable bonds is 18. The summed E-state index contributed by atoms with van der Waals surface area (Å²) in [6.45, 7) is 7.60. The van der Waals surface area contributed by atoms with Crippen molar-refractivity contribution in [3.8, 4) is 23.0 Å². The number of nitrogens with zero attached hydrogens (tertiary/aromatic N) is 1. The molecule has 0 N–H and O–H groups in total. The van der Waals surface area contributed by atoms with Crippen LogP contribution in [0.25, 0.3) is 0 Å². The van der Waals surface area contributed by atoms with E-state index in [1.807, 2.05) is 0 Å². The van der Waals surface area contributed by atoms with E-state index in [9.17, 15) is 24.0 Å². The summed E-state index contributed by atoms with van der Waals surface area (Å²) in [5.41, 5.74) is -0.454. The summed E-state index contributed by atoms with van der Waals surface area (Å²) in [6.07, 6.45) is 3.39. The summed E-state index contributed by atoms with van der Waals surface area (Å²) < 4.78 is 48.5. The number of ketones is 2. The van der Waals surface area contributed by atoms with E-state index in [1.165, 1.54) is 64.4 Å². The molecule has 2 aromatic carbocycles. The van der Waals surface area contributed by atoms with Crippen molar-refractivity contribution in [1.29, 1.82) is 0 Å². The number of benzene rings is 2. The number of carbonyl (C=O) groups is 5. The zero-order valence-electron chi connectivity index (χ0n) is 31.2. The smallest absolute Gasteiger partial charge is 0.330 e. The van der Waals surface area contributed by atoms with E-state index in [4.69, 9.17) is 28.4 Å². The number of carbonyl (C=O) groups excluding carboxylic acids is 5. The highest BCUT2D eigenvalue weighted by Gasteiger charge is 2.42. The number of piperidine rings is 1. The van der Waals surface area contributed by atoms with E-state index in [-0.39, 0.29) is 62.0 Å². The Morgan fingerprint density at radius 2 is 1.69 bits per heavy atom. The zero-order valence-corrected chi connectivity index (χ0v) is 31.2. The number of esters is 2. The minimum atomic E-state index is -1.37. The lowest BCUT2D eigenvalue weighted by atomic mass is 9.87. The maximum Gasteiger partial charge on any atom is 0.330 e. The van der Waals surface area contributed by atoms with Gasteiger partial charge >= 0.3 is 11.9 Å². The second-order valence-corrected chi connectivity index (χ2v) is 13.4. The van der Waals surface area contributed by atoms with Crippen molar-refractivity contribution in [2.24, 2.45) is 11.3 Å². The first kappa shape index (κ1) is 41.5. The minimum absolute atomic E-state index is 0.0723. The molecule has 0 saturated carbocycles. The Morgan fingerprint density at radius 1 is 0.962 bits per heavy atom. The van der Waals surface area contributed by atoms with Crippen molar-refractivity contribution >= 4 is 29.4 Å². The van der Waals surface area contributed by atoms with Crippen LogP contribution in [0.3, 0.4) is 0 Å². The van der Waals surface area contributed by atoms with Crippen LogP contribution in [0.2, 0.25) is 0 Å². The molecule has 1 saturated heterocycles. The Labute approximate surface area is 304 Å². The second kappa shape index (κ2) is 19.1. The summed E-state index contributed by atoms with van der Waals surface area (Å²) in [5.74, 6) is -2.86. The molecule has 2 aromatic rings. The topological polar surface area (TPSA) is 144 Å². The van der Waals surface area contributed by atoms with Crippen LogP contribution in [0.4, 0.5) is 4.39 Å². The molecule has 1 aliphatic rings. The summed E-state index contributed by atoms with van der Waals surface area (Å²) in [5, 5.41) is 0.